The molecule has 2 aliphatic rings. The highest BCUT2D eigenvalue weighted by molar-refractivity contribution is 5.90. The molecule has 1 aromatic heterocycles. The molecule has 1 unspecified atom stereocenters. The van der Waals surface area contributed by atoms with E-state index < -0.39 is 0 Å². The van der Waals surface area contributed by atoms with Crippen molar-refractivity contribution in [3.8, 4) is 0 Å². The zero-order valence-electron chi connectivity index (χ0n) is 16.7. The van der Waals surface area contributed by atoms with Crippen molar-refractivity contribution >= 4 is 11.6 Å². The van der Waals surface area contributed by atoms with Gasteiger partial charge in [0.15, 0.2) is 0 Å². The van der Waals surface area contributed by atoms with E-state index in [-0.39, 0.29) is 11.7 Å². The molecule has 1 aliphatic heterocycles. The summed E-state index contributed by atoms with van der Waals surface area (Å²) in [6, 6.07) is 0.750. The van der Waals surface area contributed by atoms with Crippen LogP contribution in [0.15, 0.2) is 12.4 Å². The predicted molar refractivity (Wildman–Crippen MR) is 104 cm³/mol. The van der Waals surface area contributed by atoms with Crippen molar-refractivity contribution in [2.24, 2.45) is 11.3 Å². The van der Waals surface area contributed by atoms with E-state index in [9.17, 15) is 4.79 Å². The lowest BCUT2D eigenvalue weighted by Crippen LogP contribution is -2.50. The Morgan fingerprint density at radius 3 is 2.42 bits per heavy atom. The van der Waals surface area contributed by atoms with Gasteiger partial charge in [-0.15, -0.1) is 0 Å². The molecule has 1 saturated heterocycles. The normalized spacial score (nSPS) is 24.7. The Morgan fingerprint density at radius 2 is 1.85 bits per heavy atom. The number of amides is 1. The first kappa shape index (κ1) is 19.1. The fraction of sp³-hybridized carbons (Fsp3) is 0.750. The van der Waals surface area contributed by atoms with Crippen molar-refractivity contribution in [3.63, 3.8) is 0 Å². The summed E-state index contributed by atoms with van der Waals surface area (Å²) in [5, 5.41) is 2.55. The van der Waals surface area contributed by atoms with Gasteiger partial charge in [-0.25, -0.2) is 9.97 Å². The lowest BCUT2D eigenvalue weighted by Gasteiger charge is -2.39. The molecule has 1 N–H and O–H groups in total. The van der Waals surface area contributed by atoms with Crippen LogP contribution in [0.4, 0.5) is 5.69 Å². The van der Waals surface area contributed by atoms with Gasteiger partial charge in [0.1, 0.15) is 0 Å². The number of aromatic nitrogens is 2. The highest BCUT2D eigenvalue weighted by atomic mass is 16.2. The van der Waals surface area contributed by atoms with E-state index in [4.69, 9.17) is 0 Å². The molecule has 1 saturated carbocycles. The zero-order chi connectivity index (χ0) is 18.7. The van der Waals surface area contributed by atoms with Gasteiger partial charge in [-0.05, 0) is 30.6 Å². The van der Waals surface area contributed by atoms with Crippen molar-refractivity contribution in [2.45, 2.75) is 52.5 Å². The standard InChI is InChI=1S/C20H33N5O/c1-5-20(2,3)15-6-7-16(12-15)24-8-10-25(11-9-24)17-13-22-18(23-14-17)19(26)21-4/h13-16H,5-12H2,1-4H3,(H,21,26)/t15?,16-/m1/s1. The van der Waals surface area contributed by atoms with Crippen molar-refractivity contribution in [1.29, 1.82) is 0 Å². The van der Waals surface area contributed by atoms with Gasteiger partial charge in [0.2, 0.25) is 5.82 Å². The van der Waals surface area contributed by atoms with Crippen LogP contribution in [-0.2, 0) is 0 Å². The van der Waals surface area contributed by atoms with Gasteiger partial charge in [-0.2, -0.15) is 0 Å². The topological polar surface area (TPSA) is 61.4 Å². The average molecular weight is 360 g/mol. The van der Waals surface area contributed by atoms with Crippen LogP contribution in [0.3, 0.4) is 0 Å². The van der Waals surface area contributed by atoms with E-state index in [2.05, 4.69) is 45.9 Å². The number of hydrogen-bond acceptors (Lipinski definition) is 5. The van der Waals surface area contributed by atoms with Crippen molar-refractivity contribution in [2.75, 3.05) is 38.1 Å². The lowest BCUT2D eigenvalue weighted by atomic mass is 9.76. The molecule has 0 bridgehead atoms. The SMILES string of the molecule is CCC(C)(C)C1CC[C@@H](N2CCN(c3cnc(C(=O)NC)nc3)CC2)C1. The van der Waals surface area contributed by atoms with Crippen molar-refractivity contribution in [1.82, 2.24) is 20.2 Å². The van der Waals surface area contributed by atoms with E-state index in [1.165, 1.54) is 25.7 Å². The van der Waals surface area contributed by atoms with Crippen LogP contribution in [-0.4, -0.2) is 60.0 Å². The van der Waals surface area contributed by atoms with Crippen LogP contribution in [0.25, 0.3) is 0 Å². The third-order valence-corrected chi connectivity index (χ3v) is 6.69. The van der Waals surface area contributed by atoms with Gasteiger partial charge < -0.3 is 10.2 Å². The minimum Gasteiger partial charge on any atom is -0.366 e. The van der Waals surface area contributed by atoms with E-state index in [1.54, 1.807) is 19.4 Å². The van der Waals surface area contributed by atoms with Crippen molar-refractivity contribution in [3.05, 3.63) is 18.2 Å². The fourth-order valence-corrected chi connectivity index (χ4v) is 4.35. The monoisotopic (exact) mass is 359 g/mol. The second-order valence-corrected chi connectivity index (χ2v) is 8.37. The molecule has 1 aromatic rings. The third-order valence-electron chi connectivity index (χ3n) is 6.69. The highest BCUT2D eigenvalue weighted by Crippen LogP contribution is 2.43. The number of carbonyl (C=O) groups is 1. The molecule has 2 fully saturated rings. The first-order valence-corrected chi connectivity index (χ1v) is 9.97. The first-order chi connectivity index (χ1) is 12.4. The maximum absolute atomic E-state index is 11.6. The van der Waals surface area contributed by atoms with Gasteiger partial charge >= 0.3 is 0 Å². The molecule has 26 heavy (non-hydrogen) atoms. The molecule has 144 valence electrons. The number of carbonyl (C=O) groups excluding carboxylic acids is 1. The summed E-state index contributed by atoms with van der Waals surface area (Å²) < 4.78 is 0. The van der Waals surface area contributed by atoms with Crippen LogP contribution >= 0.6 is 0 Å². The molecule has 2 heterocycles. The zero-order valence-corrected chi connectivity index (χ0v) is 16.7. The van der Waals surface area contributed by atoms with E-state index in [0.29, 0.717) is 5.41 Å². The van der Waals surface area contributed by atoms with Crippen molar-refractivity contribution < 1.29 is 4.79 Å². The van der Waals surface area contributed by atoms with Crippen LogP contribution in [0.1, 0.15) is 57.1 Å². The summed E-state index contributed by atoms with van der Waals surface area (Å²) >= 11 is 0. The minimum atomic E-state index is -0.243. The van der Waals surface area contributed by atoms with E-state index in [0.717, 1.165) is 43.8 Å². The Balaban J connectivity index is 1.52. The molecule has 0 aromatic carbocycles. The number of piperazine rings is 1. The summed E-state index contributed by atoms with van der Waals surface area (Å²) in [4.78, 5) is 24.9. The molecule has 0 spiro atoms. The summed E-state index contributed by atoms with van der Waals surface area (Å²) in [5.41, 5.74) is 1.48. The number of nitrogens with zero attached hydrogens (tertiary/aromatic N) is 4. The minimum absolute atomic E-state index is 0.227. The first-order valence-electron chi connectivity index (χ1n) is 9.97. The Bertz CT molecular complexity index is 607. The average Bonchev–Trinajstić information content (AvgIpc) is 3.19. The number of hydrogen-bond donors (Lipinski definition) is 1. The molecular weight excluding hydrogens is 326 g/mol. The van der Waals surface area contributed by atoms with Gasteiger partial charge in [0.05, 0.1) is 18.1 Å². The summed E-state index contributed by atoms with van der Waals surface area (Å²) in [6.45, 7) is 11.4. The molecule has 1 amide bonds. The smallest absolute Gasteiger partial charge is 0.288 e. The van der Waals surface area contributed by atoms with Gasteiger partial charge in [0, 0.05) is 39.3 Å². The maximum atomic E-state index is 11.6. The summed E-state index contributed by atoms with van der Waals surface area (Å²) in [6.07, 6.45) is 8.87. The number of anilines is 1. The highest BCUT2D eigenvalue weighted by Gasteiger charge is 2.37. The molecule has 3 rings (SSSR count). The second kappa shape index (κ2) is 7.91. The number of rotatable bonds is 5. The lowest BCUT2D eigenvalue weighted by molar-refractivity contribution is 0.0952. The summed E-state index contributed by atoms with van der Waals surface area (Å²) in [7, 11) is 1.59. The number of nitrogens with one attached hydrogen (secondary N) is 1. The Morgan fingerprint density at radius 1 is 1.19 bits per heavy atom. The summed E-state index contributed by atoms with van der Waals surface area (Å²) in [5.74, 6) is 0.846. The second-order valence-electron chi connectivity index (χ2n) is 8.37. The van der Waals surface area contributed by atoms with Crippen LogP contribution in [0.2, 0.25) is 0 Å². The van der Waals surface area contributed by atoms with E-state index in [1.807, 2.05) is 0 Å². The van der Waals surface area contributed by atoms with Crippen LogP contribution in [0, 0.1) is 11.3 Å². The largest absolute Gasteiger partial charge is 0.366 e. The third kappa shape index (κ3) is 4.00. The quantitative estimate of drug-likeness (QED) is 0.875. The van der Waals surface area contributed by atoms with Gasteiger partial charge in [0.25, 0.3) is 5.91 Å². The molecule has 6 nitrogen and oxygen atoms in total. The molecule has 1 aliphatic carbocycles. The molecule has 0 radical (unpaired) electrons. The molecular formula is C20H33N5O. The van der Waals surface area contributed by atoms with Gasteiger partial charge in [-0.3, -0.25) is 9.69 Å². The Hall–Kier alpha value is -1.69. The predicted octanol–water partition coefficient (Wildman–Crippen LogP) is 2.56. The van der Waals surface area contributed by atoms with Crippen LogP contribution in [0.5, 0.6) is 0 Å². The molecule has 2 atom stereocenters. The van der Waals surface area contributed by atoms with Gasteiger partial charge in [-0.1, -0.05) is 27.2 Å². The van der Waals surface area contributed by atoms with Crippen LogP contribution < -0.4 is 10.2 Å². The fourth-order valence-electron chi connectivity index (χ4n) is 4.35. The Labute approximate surface area is 157 Å². The Kier molecular flexibility index (Phi) is 5.80. The molecule has 6 heteroatoms. The maximum Gasteiger partial charge on any atom is 0.288 e. The van der Waals surface area contributed by atoms with E-state index >= 15 is 0 Å².